The van der Waals surface area contributed by atoms with Crippen LogP contribution in [0.15, 0.2) is 28.8 Å². The van der Waals surface area contributed by atoms with Gasteiger partial charge in [0, 0.05) is 18.0 Å². The number of hydrogen-bond acceptors (Lipinski definition) is 3. The Morgan fingerprint density at radius 2 is 2.20 bits per heavy atom. The van der Waals surface area contributed by atoms with E-state index in [1.165, 1.54) is 24.4 Å². The SMILES string of the molecule is CC(C)CNCCc1ncc(-c2cc(Cl)ccc2F)o1. The summed E-state index contributed by atoms with van der Waals surface area (Å²) < 4.78 is 19.3. The van der Waals surface area contributed by atoms with E-state index in [0.717, 1.165) is 13.1 Å². The van der Waals surface area contributed by atoms with Crippen LogP contribution >= 0.6 is 11.6 Å². The highest BCUT2D eigenvalue weighted by molar-refractivity contribution is 6.30. The third-order valence-corrected chi connectivity index (χ3v) is 3.05. The smallest absolute Gasteiger partial charge is 0.196 e. The molecule has 1 aromatic heterocycles. The lowest BCUT2D eigenvalue weighted by Crippen LogP contribution is -2.22. The van der Waals surface area contributed by atoms with Gasteiger partial charge in [0.15, 0.2) is 11.7 Å². The van der Waals surface area contributed by atoms with Gasteiger partial charge in [0.1, 0.15) is 5.82 Å². The first-order valence-electron chi connectivity index (χ1n) is 6.67. The number of nitrogens with one attached hydrogen (secondary N) is 1. The number of hydrogen-bond donors (Lipinski definition) is 1. The Balaban J connectivity index is 2.00. The molecular weight excluding hydrogens is 279 g/mol. The molecule has 0 spiro atoms. The molecule has 0 saturated heterocycles. The lowest BCUT2D eigenvalue weighted by atomic mass is 10.2. The van der Waals surface area contributed by atoms with Crippen LogP contribution in [0.25, 0.3) is 11.3 Å². The largest absolute Gasteiger partial charge is 0.441 e. The first-order chi connectivity index (χ1) is 9.56. The van der Waals surface area contributed by atoms with Crippen LogP contribution in [-0.4, -0.2) is 18.1 Å². The molecule has 1 aromatic carbocycles. The van der Waals surface area contributed by atoms with E-state index in [4.69, 9.17) is 16.0 Å². The number of oxazole rings is 1. The predicted molar refractivity (Wildman–Crippen MR) is 78.3 cm³/mol. The van der Waals surface area contributed by atoms with E-state index in [9.17, 15) is 4.39 Å². The molecule has 1 heterocycles. The topological polar surface area (TPSA) is 38.1 Å². The first-order valence-corrected chi connectivity index (χ1v) is 7.05. The van der Waals surface area contributed by atoms with Crippen molar-refractivity contribution in [2.45, 2.75) is 20.3 Å². The average molecular weight is 297 g/mol. The third kappa shape index (κ3) is 4.05. The lowest BCUT2D eigenvalue weighted by Gasteiger charge is -2.05. The summed E-state index contributed by atoms with van der Waals surface area (Å²) in [5.74, 6) is 1.24. The molecule has 0 atom stereocenters. The van der Waals surface area contributed by atoms with E-state index in [-0.39, 0.29) is 5.82 Å². The Labute approximate surface area is 123 Å². The maximum Gasteiger partial charge on any atom is 0.196 e. The van der Waals surface area contributed by atoms with Gasteiger partial charge in [-0.3, -0.25) is 0 Å². The van der Waals surface area contributed by atoms with Gasteiger partial charge in [0.2, 0.25) is 0 Å². The van der Waals surface area contributed by atoms with Crippen molar-refractivity contribution < 1.29 is 8.81 Å². The van der Waals surface area contributed by atoms with Gasteiger partial charge in [-0.25, -0.2) is 9.37 Å². The number of halogens is 2. The number of nitrogens with zero attached hydrogens (tertiary/aromatic N) is 1. The molecule has 0 aliphatic heterocycles. The van der Waals surface area contributed by atoms with Crippen LogP contribution in [0, 0.1) is 11.7 Å². The highest BCUT2D eigenvalue weighted by Gasteiger charge is 2.11. The summed E-state index contributed by atoms with van der Waals surface area (Å²) in [7, 11) is 0. The lowest BCUT2D eigenvalue weighted by molar-refractivity contribution is 0.480. The molecule has 20 heavy (non-hydrogen) atoms. The van der Waals surface area contributed by atoms with E-state index in [0.29, 0.717) is 34.6 Å². The van der Waals surface area contributed by atoms with Gasteiger partial charge in [-0.15, -0.1) is 0 Å². The Morgan fingerprint density at radius 3 is 2.95 bits per heavy atom. The summed E-state index contributed by atoms with van der Waals surface area (Å²) in [5.41, 5.74) is 0.339. The summed E-state index contributed by atoms with van der Waals surface area (Å²) in [6.45, 7) is 6.04. The highest BCUT2D eigenvalue weighted by atomic mass is 35.5. The Hall–Kier alpha value is -1.39. The monoisotopic (exact) mass is 296 g/mol. The van der Waals surface area contributed by atoms with Gasteiger partial charge < -0.3 is 9.73 Å². The second-order valence-corrected chi connectivity index (χ2v) is 5.53. The molecule has 2 aromatic rings. The average Bonchev–Trinajstić information content (AvgIpc) is 2.86. The summed E-state index contributed by atoms with van der Waals surface area (Å²) in [6, 6.07) is 4.37. The van der Waals surface area contributed by atoms with E-state index in [2.05, 4.69) is 24.1 Å². The maximum atomic E-state index is 13.7. The molecular formula is C15H18ClFN2O. The quantitative estimate of drug-likeness (QED) is 0.821. The molecule has 1 N–H and O–H groups in total. The fourth-order valence-corrected chi connectivity index (χ4v) is 1.99. The number of benzene rings is 1. The fourth-order valence-electron chi connectivity index (χ4n) is 1.82. The molecule has 2 rings (SSSR count). The second kappa shape index (κ2) is 6.86. The molecule has 0 unspecified atom stereocenters. The fraction of sp³-hybridized carbons (Fsp3) is 0.400. The van der Waals surface area contributed by atoms with Crippen molar-refractivity contribution >= 4 is 11.6 Å². The number of aromatic nitrogens is 1. The van der Waals surface area contributed by atoms with E-state index in [1.807, 2.05) is 0 Å². The van der Waals surface area contributed by atoms with Crippen molar-refractivity contribution in [2.75, 3.05) is 13.1 Å². The molecule has 3 nitrogen and oxygen atoms in total. The van der Waals surface area contributed by atoms with E-state index < -0.39 is 0 Å². The van der Waals surface area contributed by atoms with Crippen LogP contribution in [0.2, 0.25) is 5.02 Å². The van der Waals surface area contributed by atoms with Gasteiger partial charge in [-0.1, -0.05) is 25.4 Å². The molecule has 5 heteroatoms. The van der Waals surface area contributed by atoms with Crippen LogP contribution in [0.4, 0.5) is 4.39 Å². The predicted octanol–water partition coefficient (Wildman–Crippen LogP) is 3.92. The van der Waals surface area contributed by atoms with Crippen LogP contribution in [0.5, 0.6) is 0 Å². The van der Waals surface area contributed by atoms with E-state index >= 15 is 0 Å². The van der Waals surface area contributed by atoms with Crippen molar-refractivity contribution in [2.24, 2.45) is 5.92 Å². The molecule has 0 radical (unpaired) electrons. The molecule has 0 bridgehead atoms. The minimum absolute atomic E-state index is 0.339. The summed E-state index contributed by atoms with van der Waals surface area (Å²) in [6.07, 6.45) is 2.21. The van der Waals surface area contributed by atoms with Crippen LogP contribution in [-0.2, 0) is 6.42 Å². The molecule has 0 aliphatic carbocycles. The molecule has 108 valence electrons. The zero-order valence-electron chi connectivity index (χ0n) is 11.6. The minimum atomic E-state index is -0.366. The van der Waals surface area contributed by atoms with Gasteiger partial charge in [-0.05, 0) is 30.7 Å². The first kappa shape index (κ1) is 15.0. The van der Waals surface area contributed by atoms with Crippen LogP contribution in [0.1, 0.15) is 19.7 Å². The van der Waals surface area contributed by atoms with Gasteiger partial charge in [-0.2, -0.15) is 0 Å². The minimum Gasteiger partial charge on any atom is -0.441 e. The molecule has 0 saturated carbocycles. The van der Waals surface area contributed by atoms with E-state index in [1.54, 1.807) is 0 Å². The van der Waals surface area contributed by atoms with Crippen LogP contribution < -0.4 is 5.32 Å². The Bertz CT molecular complexity index is 569. The van der Waals surface area contributed by atoms with Crippen LogP contribution in [0.3, 0.4) is 0 Å². The molecule has 0 aliphatic rings. The summed E-state index contributed by atoms with van der Waals surface area (Å²) >= 11 is 5.87. The highest BCUT2D eigenvalue weighted by Crippen LogP contribution is 2.26. The number of rotatable bonds is 6. The molecule has 0 fully saturated rings. The van der Waals surface area contributed by atoms with Crippen molar-refractivity contribution in [3.63, 3.8) is 0 Å². The zero-order chi connectivity index (χ0) is 14.5. The van der Waals surface area contributed by atoms with Gasteiger partial charge in [0.25, 0.3) is 0 Å². The van der Waals surface area contributed by atoms with Crippen molar-refractivity contribution in [3.8, 4) is 11.3 Å². The second-order valence-electron chi connectivity index (χ2n) is 5.09. The van der Waals surface area contributed by atoms with Crippen molar-refractivity contribution in [1.82, 2.24) is 10.3 Å². The van der Waals surface area contributed by atoms with Gasteiger partial charge in [0.05, 0.1) is 11.8 Å². The van der Waals surface area contributed by atoms with Crippen molar-refractivity contribution in [1.29, 1.82) is 0 Å². The van der Waals surface area contributed by atoms with Gasteiger partial charge >= 0.3 is 0 Å². The van der Waals surface area contributed by atoms with Crippen molar-refractivity contribution in [3.05, 3.63) is 41.1 Å². The standard InChI is InChI=1S/C15H18ClFN2O/c1-10(2)8-18-6-5-15-19-9-14(20-15)12-7-11(16)3-4-13(12)17/h3-4,7,9-10,18H,5-6,8H2,1-2H3. The molecule has 0 amide bonds. The summed E-state index contributed by atoms with van der Waals surface area (Å²) in [5, 5.41) is 3.78. The third-order valence-electron chi connectivity index (χ3n) is 2.82. The Kier molecular flexibility index (Phi) is 5.15. The Morgan fingerprint density at radius 1 is 1.40 bits per heavy atom. The zero-order valence-corrected chi connectivity index (χ0v) is 12.4. The maximum absolute atomic E-state index is 13.7. The summed E-state index contributed by atoms with van der Waals surface area (Å²) in [4.78, 5) is 4.16. The normalized spacial score (nSPS) is 11.2.